The van der Waals surface area contributed by atoms with Crippen molar-refractivity contribution >= 4 is 12.0 Å². The summed E-state index contributed by atoms with van der Waals surface area (Å²) in [6, 6.07) is 16.8. The molecular weight excluding hydrogens is 368 g/mol. The fraction of sp³-hybridized carbons (Fsp3) is 0.391. The highest BCUT2D eigenvalue weighted by atomic mass is 16.5. The average molecular weight is 394 g/mol. The standard InChI is InChI=1S/C23H26N2O4/c26-22(20-12-6-7-13-21(20)29-19-10-2-1-3-11-19)25(17-8-4-5-9-17)18-14-15-24(16-18)23(27)28/h1-3,6-7,10-13,17-18H,4-5,8-9,14-16H2,(H,27,28)/t18-/m0/s1. The van der Waals surface area contributed by atoms with Crippen molar-refractivity contribution in [3.8, 4) is 11.5 Å². The number of amides is 2. The van der Waals surface area contributed by atoms with Crippen LogP contribution in [0.2, 0.25) is 0 Å². The molecular formula is C23H26N2O4. The zero-order valence-electron chi connectivity index (χ0n) is 16.4. The van der Waals surface area contributed by atoms with Gasteiger partial charge in [-0.3, -0.25) is 4.79 Å². The summed E-state index contributed by atoms with van der Waals surface area (Å²) in [5, 5.41) is 9.34. The monoisotopic (exact) mass is 394 g/mol. The van der Waals surface area contributed by atoms with E-state index in [-0.39, 0.29) is 18.0 Å². The van der Waals surface area contributed by atoms with Gasteiger partial charge in [0.15, 0.2) is 0 Å². The lowest BCUT2D eigenvalue weighted by molar-refractivity contribution is 0.0576. The summed E-state index contributed by atoms with van der Waals surface area (Å²) in [5.74, 6) is 1.14. The number of carboxylic acid groups (broad SMARTS) is 1. The van der Waals surface area contributed by atoms with Crippen LogP contribution in [0.1, 0.15) is 42.5 Å². The molecule has 2 fully saturated rings. The number of nitrogens with zero attached hydrogens (tertiary/aromatic N) is 2. The molecule has 1 heterocycles. The Kier molecular flexibility index (Phi) is 5.69. The van der Waals surface area contributed by atoms with Gasteiger partial charge in [0.25, 0.3) is 5.91 Å². The van der Waals surface area contributed by atoms with Crippen LogP contribution in [0.4, 0.5) is 4.79 Å². The lowest BCUT2D eigenvalue weighted by Crippen LogP contribution is -2.47. The van der Waals surface area contributed by atoms with Crippen molar-refractivity contribution in [2.75, 3.05) is 13.1 Å². The highest BCUT2D eigenvalue weighted by Gasteiger charge is 2.38. The highest BCUT2D eigenvalue weighted by molar-refractivity contribution is 5.97. The second-order valence-electron chi connectivity index (χ2n) is 7.73. The van der Waals surface area contributed by atoms with Crippen LogP contribution in [-0.4, -0.2) is 52.1 Å². The van der Waals surface area contributed by atoms with Gasteiger partial charge in [0.05, 0.1) is 11.6 Å². The van der Waals surface area contributed by atoms with Gasteiger partial charge in [-0.1, -0.05) is 43.2 Å². The van der Waals surface area contributed by atoms with Crippen molar-refractivity contribution in [2.24, 2.45) is 0 Å². The molecule has 1 aliphatic heterocycles. The van der Waals surface area contributed by atoms with Gasteiger partial charge in [-0.05, 0) is 43.5 Å². The molecule has 0 radical (unpaired) electrons. The summed E-state index contributed by atoms with van der Waals surface area (Å²) in [7, 11) is 0. The molecule has 2 aromatic carbocycles. The fourth-order valence-electron chi connectivity index (χ4n) is 4.44. The van der Waals surface area contributed by atoms with Gasteiger partial charge in [0, 0.05) is 19.1 Å². The normalized spacial score (nSPS) is 19.3. The number of ether oxygens (including phenoxy) is 1. The lowest BCUT2D eigenvalue weighted by Gasteiger charge is -2.35. The molecule has 29 heavy (non-hydrogen) atoms. The smallest absolute Gasteiger partial charge is 0.407 e. The number of hydrogen-bond acceptors (Lipinski definition) is 3. The number of carbonyl (C=O) groups excluding carboxylic acids is 1. The Morgan fingerprint density at radius 2 is 1.62 bits per heavy atom. The number of rotatable bonds is 5. The molecule has 6 heteroatoms. The molecule has 4 rings (SSSR count). The van der Waals surface area contributed by atoms with E-state index in [4.69, 9.17) is 4.74 Å². The van der Waals surface area contributed by atoms with Gasteiger partial charge in [-0.15, -0.1) is 0 Å². The minimum Gasteiger partial charge on any atom is -0.465 e. The van der Waals surface area contributed by atoms with E-state index in [0.29, 0.717) is 36.6 Å². The first-order chi connectivity index (χ1) is 14.1. The van der Waals surface area contributed by atoms with Gasteiger partial charge in [-0.2, -0.15) is 0 Å². The Bertz CT molecular complexity index is 864. The molecule has 2 aromatic rings. The first-order valence-electron chi connectivity index (χ1n) is 10.3. The topological polar surface area (TPSA) is 70.1 Å². The zero-order chi connectivity index (χ0) is 20.2. The van der Waals surface area contributed by atoms with Crippen LogP contribution in [0, 0.1) is 0 Å². The quantitative estimate of drug-likeness (QED) is 0.804. The predicted octanol–water partition coefficient (Wildman–Crippen LogP) is 4.62. The third kappa shape index (κ3) is 4.21. The van der Waals surface area contributed by atoms with E-state index in [2.05, 4.69) is 0 Å². The van der Waals surface area contributed by atoms with Crippen molar-refractivity contribution in [1.29, 1.82) is 0 Å². The summed E-state index contributed by atoms with van der Waals surface area (Å²) >= 11 is 0. The summed E-state index contributed by atoms with van der Waals surface area (Å²) < 4.78 is 6.01. The number of likely N-dealkylation sites (tertiary alicyclic amines) is 1. The second-order valence-corrected chi connectivity index (χ2v) is 7.73. The molecule has 0 spiro atoms. The van der Waals surface area contributed by atoms with E-state index in [9.17, 15) is 14.7 Å². The molecule has 1 aliphatic carbocycles. The largest absolute Gasteiger partial charge is 0.465 e. The molecule has 0 bridgehead atoms. The number of carbonyl (C=O) groups is 2. The maximum absolute atomic E-state index is 13.7. The minimum atomic E-state index is -0.917. The number of benzene rings is 2. The van der Waals surface area contributed by atoms with Gasteiger partial charge in [0.2, 0.25) is 0 Å². The molecule has 1 N–H and O–H groups in total. The van der Waals surface area contributed by atoms with E-state index in [1.165, 1.54) is 4.90 Å². The van der Waals surface area contributed by atoms with Crippen LogP contribution < -0.4 is 4.74 Å². The molecule has 1 atom stereocenters. The lowest BCUT2D eigenvalue weighted by atomic mass is 10.1. The van der Waals surface area contributed by atoms with Crippen LogP contribution in [0.15, 0.2) is 54.6 Å². The fourth-order valence-corrected chi connectivity index (χ4v) is 4.44. The van der Waals surface area contributed by atoms with E-state index in [1.807, 2.05) is 53.4 Å². The third-order valence-electron chi connectivity index (χ3n) is 5.87. The van der Waals surface area contributed by atoms with Crippen molar-refractivity contribution < 1.29 is 19.4 Å². The molecule has 1 saturated heterocycles. The Balaban J connectivity index is 1.62. The average Bonchev–Trinajstić information content (AvgIpc) is 3.42. The SMILES string of the molecule is O=C(O)N1CC[C@H](N(C(=O)c2ccccc2Oc2ccccc2)C2CCCC2)C1. The van der Waals surface area contributed by atoms with E-state index in [0.717, 1.165) is 25.7 Å². The Labute approximate surface area is 170 Å². The zero-order valence-corrected chi connectivity index (χ0v) is 16.4. The van der Waals surface area contributed by atoms with Gasteiger partial charge in [0.1, 0.15) is 11.5 Å². The maximum Gasteiger partial charge on any atom is 0.407 e. The first kappa shape index (κ1) is 19.3. The highest BCUT2D eigenvalue weighted by Crippen LogP contribution is 2.33. The minimum absolute atomic E-state index is 0.0688. The van der Waals surface area contributed by atoms with Crippen molar-refractivity contribution in [3.63, 3.8) is 0 Å². The van der Waals surface area contributed by atoms with Gasteiger partial charge < -0.3 is 19.6 Å². The summed E-state index contributed by atoms with van der Waals surface area (Å²) in [4.78, 5) is 28.4. The number of hydrogen-bond donors (Lipinski definition) is 1. The van der Waals surface area contributed by atoms with Crippen LogP contribution in [0.3, 0.4) is 0 Å². The number of para-hydroxylation sites is 2. The van der Waals surface area contributed by atoms with Gasteiger partial charge >= 0.3 is 6.09 Å². The Hall–Kier alpha value is -3.02. The molecule has 2 aliphatic rings. The van der Waals surface area contributed by atoms with Crippen molar-refractivity contribution in [2.45, 2.75) is 44.2 Å². The van der Waals surface area contributed by atoms with Crippen molar-refractivity contribution in [1.82, 2.24) is 9.80 Å². The summed E-state index contributed by atoms with van der Waals surface area (Å²) in [6.45, 7) is 0.845. The Morgan fingerprint density at radius 1 is 0.931 bits per heavy atom. The molecule has 6 nitrogen and oxygen atoms in total. The summed E-state index contributed by atoms with van der Waals surface area (Å²) in [6.07, 6.45) is 3.90. The molecule has 0 unspecified atom stereocenters. The van der Waals surface area contributed by atoms with Crippen LogP contribution in [-0.2, 0) is 0 Å². The summed E-state index contributed by atoms with van der Waals surface area (Å²) in [5.41, 5.74) is 0.525. The predicted molar refractivity (Wildman–Crippen MR) is 109 cm³/mol. The first-order valence-corrected chi connectivity index (χ1v) is 10.3. The molecule has 0 aromatic heterocycles. The molecule has 152 valence electrons. The van der Waals surface area contributed by atoms with E-state index in [1.54, 1.807) is 6.07 Å². The van der Waals surface area contributed by atoms with E-state index >= 15 is 0 Å². The maximum atomic E-state index is 13.7. The van der Waals surface area contributed by atoms with Crippen LogP contribution in [0.25, 0.3) is 0 Å². The second kappa shape index (κ2) is 8.55. The van der Waals surface area contributed by atoms with Gasteiger partial charge in [-0.25, -0.2) is 4.79 Å². The molecule has 2 amide bonds. The van der Waals surface area contributed by atoms with Crippen LogP contribution in [0.5, 0.6) is 11.5 Å². The van der Waals surface area contributed by atoms with Crippen molar-refractivity contribution in [3.05, 3.63) is 60.2 Å². The molecule has 1 saturated carbocycles. The van der Waals surface area contributed by atoms with E-state index < -0.39 is 6.09 Å². The van der Waals surface area contributed by atoms with Crippen LogP contribution >= 0.6 is 0 Å². The third-order valence-corrected chi connectivity index (χ3v) is 5.87. The Morgan fingerprint density at radius 3 is 2.31 bits per heavy atom.